The number of carbonyl (C=O) groups is 1. The van der Waals surface area contributed by atoms with Gasteiger partial charge in [-0.15, -0.1) is 5.10 Å². The van der Waals surface area contributed by atoms with Crippen LogP contribution in [0.15, 0.2) is 42.7 Å². The second-order valence-corrected chi connectivity index (χ2v) is 6.37. The lowest BCUT2D eigenvalue weighted by Crippen LogP contribution is -2.36. The van der Waals surface area contributed by atoms with Crippen LogP contribution in [0.1, 0.15) is 5.56 Å². The third-order valence-electron chi connectivity index (χ3n) is 4.30. The summed E-state index contributed by atoms with van der Waals surface area (Å²) in [6.07, 6.45) is -1.38. The SMILES string of the molecule is Cc1ccc(-n2nc(N3CCOCC3)c3ccncc32)cc1.O=C(O)C(F)(F)F. The molecule has 0 aliphatic carbocycles. The van der Waals surface area contributed by atoms with E-state index in [0.29, 0.717) is 0 Å². The van der Waals surface area contributed by atoms with Crippen LogP contribution in [0, 0.1) is 6.92 Å². The summed E-state index contributed by atoms with van der Waals surface area (Å²) in [5.74, 6) is -1.74. The van der Waals surface area contributed by atoms with E-state index in [9.17, 15) is 13.2 Å². The Morgan fingerprint density at radius 3 is 2.34 bits per heavy atom. The summed E-state index contributed by atoms with van der Waals surface area (Å²) in [4.78, 5) is 15.5. The number of halogens is 3. The molecular formula is C19H19F3N4O3. The van der Waals surface area contributed by atoms with Crippen LogP contribution in [-0.2, 0) is 9.53 Å². The van der Waals surface area contributed by atoms with E-state index in [1.54, 1.807) is 0 Å². The number of aliphatic carboxylic acids is 1. The number of alkyl halides is 3. The molecule has 2 aromatic heterocycles. The van der Waals surface area contributed by atoms with Crippen LogP contribution in [0.5, 0.6) is 0 Å². The van der Waals surface area contributed by atoms with Gasteiger partial charge in [0.15, 0.2) is 5.82 Å². The Hall–Kier alpha value is -3.14. The highest BCUT2D eigenvalue weighted by molar-refractivity contribution is 5.91. The Labute approximate surface area is 164 Å². The van der Waals surface area contributed by atoms with Crippen LogP contribution in [0.2, 0.25) is 0 Å². The Balaban J connectivity index is 0.000000298. The number of ether oxygens (including phenoxy) is 1. The van der Waals surface area contributed by atoms with Gasteiger partial charge in [0.2, 0.25) is 0 Å². The van der Waals surface area contributed by atoms with Crippen molar-refractivity contribution in [3.05, 3.63) is 48.3 Å². The molecule has 3 aromatic rings. The number of carboxylic acid groups (broad SMARTS) is 1. The highest BCUT2D eigenvalue weighted by Gasteiger charge is 2.38. The molecule has 1 aromatic carbocycles. The summed E-state index contributed by atoms with van der Waals surface area (Å²) >= 11 is 0. The molecule has 1 fully saturated rings. The molecule has 0 bridgehead atoms. The van der Waals surface area contributed by atoms with E-state index in [2.05, 4.69) is 41.1 Å². The molecule has 1 saturated heterocycles. The fourth-order valence-corrected chi connectivity index (χ4v) is 2.84. The second-order valence-electron chi connectivity index (χ2n) is 6.37. The van der Waals surface area contributed by atoms with Crippen molar-refractivity contribution in [2.75, 3.05) is 31.2 Å². The molecule has 1 N–H and O–H groups in total. The number of hydrogen-bond acceptors (Lipinski definition) is 5. The van der Waals surface area contributed by atoms with Crippen molar-refractivity contribution in [3.8, 4) is 5.69 Å². The molecule has 1 aliphatic rings. The van der Waals surface area contributed by atoms with Gasteiger partial charge in [0, 0.05) is 24.7 Å². The predicted molar refractivity (Wildman–Crippen MR) is 100 cm³/mol. The van der Waals surface area contributed by atoms with E-state index >= 15 is 0 Å². The molecule has 154 valence electrons. The number of carboxylic acids is 1. The smallest absolute Gasteiger partial charge is 0.475 e. The first-order chi connectivity index (χ1) is 13.8. The van der Waals surface area contributed by atoms with E-state index in [4.69, 9.17) is 19.7 Å². The highest BCUT2D eigenvalue weighted by atomic mass is 19.4. The molecule has 10 heteroatoms. The molecule has 0 radical (unpaired) electrons. The van der Waals surface area contributed by atoms with Gasteiger partial charge >= 0.3 is 12.1 Å². The fraction of sp³-hybridized carbons (Fsp3) is 0.316. The standard InChI is InChI=1S/C17H18N4O.C2HF3O2/c1-13-2-4-14(5-3-13)21-16-12-18-7-6-15(16)17(19-21)20-8-10-22-11-9-20;3-2(4,5)1(6)7/h2-7,12H,8-11H2,1H3;(H,6,7). The van der Waals surface area contributed by atoms with Crippen LogP contribution in [0.4, 0.5) is 19.0 Å². The molecule has 7 nitrogen and oxygen atoms in total. The van der Waals surface area contributed by atoms with Gasteiger partial charge in [-0.3, -0.25) is 4.98 Å². The zero-order chi connectivity index (χ0) is 21.0. The van der Waals surface area contributed by atoms with Crippen molar-refractivity contribution in [2.24, 2.45) is 0 Å². The zero-order valence-electron chi connectivity index (χ0n) is 15.6. The Morgan fingerprint density at radius 2 is 1.76 bits per heavy atom. The second kappa shape index (κ2) is 8.48. The van der Waals surface area contributed by atoms with Crippen LogP contribution >= 0.6 is 0 Å². The van der Waals surface area contributed by atoms with Gasteiger partial charge < -0.3 is 14.7 Å². The molecule has 0 unspecified atom stereocenters. The van der Waals surface area contributed by atoms with Crippen molar-refractivity contribution in [1.82, 2.24) is 14.8 Å². The Kier molecular flexibility index (Phi) is 6.02. The lowest BCUT2D eigenvalue weighted by molar-refractivity contribution is -0.192. The number of aromatic nitrogens is 3. The predicted octanol–water partition coefficient (Wildman–Crippen LogP) is 3.20. The first-order valence-electron chi connectivity index (χ1n) is 8.80. The molecule has 0 saturated carbocycles. The van der Waals surface area contributed by atoms with Crippen LogP contribution in [-0.4, -0.2) is 58.3 Å². The summed E-state index contributed by atoms with van der Waals surface area (Å²) in [5, 5.41) is 13.1. The topological polar surface area (TPSA) is 80.5 Å². The highest BCUT2D eigenvalue weighted by Crippen LogP contribution is 2.28. The number of fused-ring (bicyclic) bond motifs is 1. The van der Waals surface area contributed by atoms with Gasteiger partial charge in [0.25, 0.3) is 0 Å². The summed E-state index contributed by atoms with van der Waals surface area (Å²) in [6.45, 7) is 5.35. The monoisotopic (exact) mass is 408 g/mol. The maximum atomic E-state index is 10.6. The maximum Gasteiger partial charge on any atom is 0.490 e. The van der Waals surface area contributed by atoms with E-state index in [0.717, 1.165) is 48.7 Å². The summed E-state index contributed by atoms with van der Waals surface area (Å²) < 4.78 is 39.2. The number of pyridine rings is 1. The molecular weight excluding hydrogens is 389 g/mol. The fourth-order valence-electron chi connectivity index (χ4n) is 2.84. The third kappa shape index (κ3) is 4.83. The molecule has 1 aliphatic heterocycles. The van der Waals surface area contributed by atoms with Gasteiger partial charge in [-0.2, -0.15) is 13.2 Å². The molecule has 0 spiro atoms. The number of rotatable bonds is 2. The normalized spacial score (nSPS) is 14.4. The minimum Gasteiger partial charge on any atom is -0.475 e. The van der Waals surface area contributed by atoms with Gasteiger partial charge in [-0.1, -0.05) is 17.7 Å². The first kappa shape index (κ1) is 20.6. The van der Waals surface area contributed by atoms with E-state index in [-0.39, 0.29) is 0 Å². The molecule has 4 rings (SSSR count). The Morgan fingerprint density at radius 1 is 1.14 bits per heavy atom. The van der Waals surface area contributed by atoms with E-state index < -0.39 is 12.1 Å². The lowest BCUT2D eigenvalue weighted by Gasteiger charge is -2.26. The van der Waals surface area contributed by atoms with Crippen LogP contribution in [0.3, 0.4) is 0 Å². The average molecular weight is 408 g/mol. The molecule has 0 amide bonds. The molecule has 3 heterocycles. The van der Waals surface area contributed by atoms with E-state index in [1.165, 1.54) is 5.56 Å². The first-order valence-corrected chi connectivity index (χ1v) is 8.80. The number of benzene rings is 1. The maximum absolute atomic E-state index is 10.6. The third-order valence-corrected chi connectivity index (χ3v) is 4.30. The molecule has 29 heavy (non-hydrogen) atoms. The number of morpholine rings is 1. The van der Waals surface area contributed by atoms with Crippen molar-refractivity contribution < 1.29 is 27.8 Å². The molecule has 0 atom stereocenters. The van der Waals surface area contributed by atoms with Gasteiger partial charge in [-0.25, -0.2) is 9.48 Å². The number of hydrogen-bond donors (Lipinski definition) is 1. The van der Waals surface area contributed by atoms with Gasteiger partial charge in [0.05, 0.1) is 30.6 Å². The summed E-state index contributed by atoms with van der Waals surface area (Å²) in [5.41, 5.74) is 3.34. The van der Waals surface area contributed by atoms with Crippen LogP contribution in [0.25, 0.3) is 16.6 Å². The zero-order valence-corrected chi connectivity index (χ0v) is 15.6. The average Bonchev–Trinajstić information content (AvgIpc) is 3.09. The van der Waals surface area contributed by atoms with E-state index in [1.807, 2.05) is 23.1 Å². The number of aryl methyl sites for hydroxylation is 1. The van der Waals surface area contributed by atoms with Gasteiger partial charge in [0.1, 0.15) is 0 Å². The van der Waals surface area contributed by atoms with Crippen molar-refractivity contribution in [1.29, 1.82) is 0 Å². The largest absolute Gasteiger partial charge is 0.490 e. The minimum absolute atomic E-state index is 0.754. The van der Waals surface area contributed by atoms with Gasteiger partial charge in [-0.05, 0) is 25.1 Å². The lowest BCUT2D eigenvalue weighted by atomic mass is 10.2. The number of anilines is 1. The summed E-state index contributed by atoms with van der Waals surface area (Å²) in [7, 11) is 0. The van der Waals surface area contributed by atoms with Crippen LogP contribution < -0.4 is 4.90 Å². The minimum atomic E-state index is -5.08. The Bertz CT molecular complexity index is 981. The van der Waals surface area contributed by atoms with Crippen molar-refractivity contribution in [3.63, 3.8) is 0 Å². The van der Waals surface area contributed by atoms with Crippen molar-refractivity contribution in [2.45, 2.75) is 13.1 Å². The number of nitrogens with zero attached hydrogens (tertiary/aromatic N) is 4. The quantitative estimate of drug-likeness (QED) is 0.702. The van der Waals surface area contributed by atoms with Crippen molar-refractivity contribution >= 4 is 22.7 Å². The summed E-state index contributed by atoms with van der Waals surface area (Å²) in [6, 6.07) is 10.4.